The highest BCUT2D eigenvalue weighted by Crippen LogP contribution is 2.18. The molecule has 2 aromatic rings. The summed E-state index contributed by atoms with van der Waals surface area (Å²) in [6, 6.07) is 8.39. The number of aromatic nitrogens is 2. The maximum absolute atomic E-state index is 12.0. The van der Waals surface area contributed by atoms with E-state index in [1.165, 1.54) is 18.4 Å². The third-order valence-electron chi connectivity index (χ3n) is 5.98. The predicted molar refractivity (Wildman–Crippen MR) is 110 cm³/mol. The van der Waals surface area contributed by atoms with Gasteiger partial charge in [0, 0.05) is 62.7 Å². The molecular weight excluding hydrogens is 352 g/mol. The van der Waals surface area contributed by atoms with Gasteiger partial charge >= 0.3 is 0 Å². The van der Waals surface area contributed by atoms with E-state index < -0.39 is 0 Å². The van der Waals surface area contributed by atoms with E-state index in [2.05, 4.69) is 44.0 Å². The molecule has 0 radical (unpaired) electrons. The highest BCUT2D eigenvalue weighted by molar-refractivity contribution is 5.55. The van der Waals surface area contributed by atoms with Crippen LogP contribution in [0.2, 0.25) is 0 Å². The van der Waals surface area contributed by atoms with Crippen molar-refractivity contribution in [3.8, 4) is 11.4 Å². The summed E-state index contributed by atoms with van der Waals surface area (Å²) in [6.45, 7) is 11.1. The van der Waals surface area contributed by atoms with Crippen LogP contribution in [-0.2, 0) is 11.3 Å². The van der Waals surface area contributed by atoms with Crippen molar-refractivity contribution in [2.24, 2.45) is 0 Å². The molecule has 2 aliphatic heterocycles. The Morgan fingerprint density at radius 3 is 2.46 bits per heavy atom. The van der Waals surface area contributed by atoms with Crippen molar-refractivity contribution < 1.29 is 4.74 Å². The van der Waals surface area contributed by atoms with Gasteiger partial charge in [-0.05, 0) is 32.3 Å². The van der Waals surface area contributed by atoms with E-state index in [9.17, 15) is 4.79 Å². The van der Waals surface area contributed by atoms with E-state index in [-0.39, 0.29) is 5.56 Å². The normalized spacial score (nSPS) is 21.3. The number of aromatic amines is 1. The van der Waals surface area contributed by atoms with Crippen molar-refractivity contribution >= 4 is 0 Å². The summed E-state index contributed by atoms with van der Waals surface area (Å²) >= 11 is 0. The highest BCUT2D eigenvalue weighted by atomic mass is 16.5. The molecule has 150 valence electrons. The Hall–Kier alpha value is -2.02. The van der Waals surface area contributed by atoms with E-state index >= 15 is 0 Å². The van der Waals surface area contributed by atoms with Crippen LogP contribution in [0.4, 0.5) is 0 Å². The van der Waals surface area contributed by atoms with Crippen LogP contribution < -0.4 is 5.56 Å². The highest BCUT2D eigenvalue weighted by Gasteiger charge is 2.22. The van der Waals surface area contributed by atoms with Crippen molar-refractivity contribution in [1.29, 1.82) is 0 Å². The number of nitrogens with zero attached hydrogens (tertiary/aromatic N) is 3. The van der Waals surface area contributed by atoms with Crippen LogP contribution in [0.15, 0.2) is 29.1 Å². The average Bonchev–Trinajstić information content (AvgIpc) is 3.21. The summed E-state index contributed by atoms with van der Waals surface area (Å²) in [5.41, 5.74) is 3.64. The standard InChI is InChI=1S/C22H30N4O2/c1-16-17(2)23-21(24-22(16)27)19-7-5-18(6-8-19)14-25-9-11-26(12-10-25)15-20-4-3-13-28-20/h5-8,20H,3-4,9-15H2,1-2H3,(H,23,24,27). The smallest absolute Gasteiger partial charge is 0.254 e. The molecule has 1 aromatic heterocycles. The molecule has 6 nitrogen and oxygen atoms in total. The molecule has 28 heavy (non-hydrogen) atoms. The minimum atomic E-state index is -0.0625. The molecule has 2 aliphatic rings. The Balaban J connectivity index is 1.32. The molecule has 1 atom stereocenters. The number of nitrogens with one attached hydrogen (secondary N) is 1. The Bertz CT molecular complexity index is 848. The Morgan fingerprint density at radius 1 is 1.11 bits per heavy atom. The number of rotatable bonds is 5. The molecule has 0 spiro atoms. The maximum Gasteiger partial charge on any atom is 0.254 e. The van der Waals surface area contributed by atoms with Gasteiger partial charge in [-0.2, -0.15) is 0 Å². The molecule has 4 rings (SSSR count). The van der Waals surface area contributed by atoms with Gasteiger partial charge in [0.2, 0.25) is 0 Å². The van der Waals surface area contributed by atoms with Gasteiger partial charge in [-0.25, -0.2) is 4.98 Å². The molecule has 2 fully saturated rings. The van der Waals surface area contributed by atoms with E-state index in [0.29, 0.717) is 17.5 Å². The van der Waals surface area contributed by atoms with Gasteiger partial charge < -0.3 is 9.72 Å². The Labute approximate surface area is 166 Å². The molecule has 6 heteroatoms. The van der Waals surface area contributed by atoms with E-state index in [1.807, 2.05) is 6.92 Å². The van der Waals surface area contributed by atoms with Gasteiger partial charge in [0.15, 0.2) is 0 Å². The molecule has 1 unspecified atom stereocenters. The van der Waals surface area contributed by atoms with Gasteiger partial charge in [0.25, 0.3) is 5.56 Å². The number of ether oxygens (including phenoxy) is 1. The summed E-state index contributed by atoms with van der Waals surface area (Å²) in [5.74, 6) is 0.641. The van der Waals surface area contributed by atoms with E-state index in [4.69, 9.17) is 4.74 Å². The molecule has 0 saturated carbocycles. The van der Waals surface area contributed by atoms with Crippen molar-refractivity contribution in [2.75, 3.05) is 39.3 Å². The lowest BCUT2D eigenvalue weighted by Gasteiger charge is -2.35. The minimum Gasteiger partial charge on any atom is -0.377 e. The predicted octanol–water partition coefficient (Wildman–Crippen LogP) is 2.35. The summed E-state index contributed by atoms with van der Waals surface area (Å²) in [4.78, 5) is 24.4. The van der Waals surface area contributed by atoms with Crippen molar-refractivity contribution in [3.63, 3.8) is 0 Å². The first kappa shape index (κ1) is 19.3. The van der Waals surface area contributed by atoms with Crippen molar-refractivity contribution in [1.82, 2.24) is 19.8 Å². The third-order valence-corrected chi connectivity index (χ3v) is 5.98. The zero-order valence-corrected chi connectivity index (χ0v) is 16.9. The molecule has 1 N–H and O–H groups in total. The molecule has 0 amide bonds. The largest absolute Gasteiger partial charge is 0.377 e. The zero-order chi connectivity index (χ0) is 19.5. The lowest BCUT2D eigenvalue weighted by Crippen LogP contribution is -2.48. The molecule has 0 bridgehead atoms. The number of hydrogen-bond donors (Lipinski definition) is 1. The first-order valence-corrected chi connectivity index (χ1v) is 10.3. The first-order chi connectivity index (χ1) is 13.6. The number of hydrogen-bond acceptors (Lipinski definition) is 5. The Morgan fingerprint density at radius 2 is 1.82 bits per heavy atom. The number of aryl methyl sites for hydroxylation is 1. The van der Waals surface area contributed by atoms with Crippen LogP contribution in [0.25, 0.3) is 11.4 Å². The van der Waals surface area contributed by atoms with Gasteiger partial charge in [0.1, 0.15) is 5.82 Å². The molecule has 1 aromatic carbocycles. The second-order valence-corrected chi connectivity index (χ2v) is 8.03. The minimum absolute atomic E-state index is 0.0625. The van der Waals surface area contributed by atoms with Crippen molar-refractivity contribution in [3.05, 3.63) is 51.4 Å². The quantitative estimate of drug-likeness (QED) is 0.860. The average molecular weight is 383 g/mol. The maximum atomic E-state index is 12.0. The van der Waals surface area contributed by atoms with Gasteiger partial charge in [-0.3, -0.25) is 14.6 Å². The second kappa shape index (κ2) is 8.55. The topological polar surface area (TPSA) is 61.5 Å². The lowest BCUT2D eigenvalue weighted by molar-refractivity contribution is 0.0489. The van der Waals surface area contributed by atoms with Crippen molar-refractivity contribution in [2.45, 2.75) is 39.3 Å². The van der Waals surface area contributed by atoms with Crippen LogP contribution in [0, 0.1) is 13.8 Å². The molecule has 3 heterocycles. The first-order valence-electron chi connectivity index (χ1n) is 10.3. The van der Waals surface area contributed by atoms with Gasteiger partial charge in [-0.1, -0.05) is 24.3 Å². The number of benzene rings is 1. The number of H-pyrrole nitrogens is 1. The zero-order valence-electron chi connectivity index (χ0n) is 16.9. The van der Waals surface area contributed by atoms with Crippen LogP contribution in [0.1, 0.15) is 29.7 Å². The summed E-state index contributed by atoms with van der Waals surface area (Å²) < 4.78 is 5.76. The van der Waals surface area contributed by atoms with Crippen LogP contribution >= 0.6 is 0 Å². The SMILES string of the molecule is Cc1nc(-c2ccc(CN3CCN(CC4CCCO4)CC3)cc2)[nH]c(=O)c1C. The van der Waals surface area contributed by atoms with Crippen LogP contribution in [0.3, 0.4) is 0 Å². The summed E-state index contributed by atoms with van der Waals surface area (Å²) in [6.07, 6.45) is 2.88. The van der Waals surface area contributed by atoms with Gasteiger partial charge in [-0.15, -0.1) is 0 Å². The van der Waals surface area contributed by atoms with Crippen LogP contribution in [-0.4, -0.2) is 65.2 Å². The fourth-order valence-corrected chi connectivity index (χ4v) is 4.01. The molecule has 2 saturated heterocycles. The third kappa shape index (κ3) is 4.51. The summed E-state index contributed by atoms with van der Waals surface area (Å²) in [5, 5.41) is 0. The van der Waals surface area contributed by atoms with E-state index in [1.54, 1.807) is 6.92 Å². The molecular formula is C22H30N4O2. The second-order valence-electron chi connectivity index (χ2n) is 8.03. The fourth-order valence-electron chi connectivity index (χ4n) is 4.01. The monoisotopic (exact) mass is 382 g/mol. The number of piperazine rings is 1. The van der Waals surface area contributed by atoms with Crippen LogP contribution in [0.5, 0.6) is 0 Å². The Kier molecular flexibility index (Phi) is 5.90. The lowest BCUT2D eigenvalue weighted by atomic mass is 10.1. The fraction of sp³-hybridized carbons (Fsp3) is 0.545. The molecule has 0 aliphatic carbocycles. The van der Waals surface area contributed by atoms with E-state index in [0.717, 1.165) is 57.1 Å². The van der Waals surface area contributed by atoms with Gasteiger partial charge in [0.05, 0.1) is 6.10 Å². The summed E-state index contributed by atoms with van der Waals surface area (Å²) in [7, 11) is 0.